The Labute approximate surface area is 79.0 Å². The molecule has 0 unspecified atom stereocenters. The van der Waals surface area contributed by atoms with Gasteiger partial charge in [-0.1, -0.05) is 6.92 Å². The van der Waals surface area contributed by atoms with Crippen molar-refractivity contribution in [3.05, 3.63) is 14.5 Å². The molecule has 11 heavy (non-hydrogen) atoms. The molecule has 62 valence electrons. The molecule has 1 heterocycles. The number of halogens is 1. The van der Waals surface area contributed by atoms with Crippen LogP contribution in [0.1, 0.15) is 23.2 Å². The molecule has 1 aromatic rings. The second-order valence-electron chi connectivity index (χ2n) is 2.28. The molecule has 0 spiro atoms. The van der Waals surface area contributed by atoms with Gasteiger partial charge in [-0.3, -0.25) is 0 Å². The lowest BCUT2D eigenvalue weighted by atomic mass is 10.4. The molecule has 0 bridgehead atoms. The van der Waals surface area contributed by atoms with Gasteiger partial charge in [0.2, 0.25) is 0 Å². The Morgan fingerprint density at radius 1 is 1.64 bits per heavy atom. The van der Waals surface area contributed by atoms with E-state index in [9.17, 15) is 0 Å². The van der Waals surface area contributed by atoms with Gasteiger partial charge in [0.15, 0.2) is 0 Å². The summed E-state index contributed by atoms with van der Waals surface area (Å²) < 4.78 is 0.924. The summed E-state index contributed by atoms with van der Waals surface area (Å²) >= 11 is 5.07. The summed E-state index contributed by atoms with van der Waals surface area (Å²) in [7, 11) is 0. The molecule has 1 rings (SSSR count). The first kappa shape index (κ1) is 9.16. The number of thiazole rings is 1. The third-order valence-corrected chi connectivity index (χ3v) is 3.40. The van der Waals surface area contributed by atoms with Gasteiger partial charge in [0, 0.05) is 6.54 Å². The first-order valence-corrected chi connectivity index (χ1v) is 5.23. The monoisotopic (exact) mass is 234 g/mol. The minimum absolute atomic E-state index is 0.585. The second-order valence-corrected chi connectivity index (χ2v) is 4.20. The summed E-state index contributed by atoms with van der Waals surface area (Å²) in [6.45, 7) is 2.74. The predicted molar refractivity (Wildman–Crippen MR) is 51.7 cm³/mol. The molecule has 2 nitrogen and oxygen atoms in total. The fourth-order valence-corrected chi connectivity index (χ4v) is 2.50. The SMILES string of the molecule is CCCc1nc(Br)c(CN)s1. The molecular formula is C7H11BrN2S. The number of hydrogen-bond acceptors (Lipinski definition) is 3. The van der Waals surface area contributed by atoms with Crippen LogP contribution in [0.25, 0.3) is 0 Å². The number of aryl methyl sites for hydroxylation is 1. The summed E-state index contributed by atoms with van der Waals surface area (Å²) in [6, 6.07) is 0. The highest BCUT2D eigenvalue weighted by Crippen LogP contribution is 2.23. The summed E-state index contributed by atoms with van der Waals surface area (Å²) in [6.07, 6.45) is 2.20. The molecule has 1 aromatic heterocycles. The van der Waals surface area contributed by atoms with Gasteiger partial charge in [-0.15, -0.1) is 11.3 Å². The lowest BCUT2D eigenvalue weighted by Crippen LogP contribution is -1.92. The summed E-state index contributed by atoms with van der Waals surface area (Å²) in [5.74, 6) is 0. The van der Waals surface area contributed by atoms with E-state index in [0.29, 0.717) is 6.54 Å². The Morgan fingerprint density at radius 2 is 2.36 bits per heavy atom. The van der Waals surface area contributed by atoms with Crippen LogP contribution in [0.3, 0.4) is 0 Å². The Morgan fingerprint density at radius 3 is 2.82 bits per heavy atom. The summed E-state index contributed by atoms with van der Waals surface area (Å²) in [5.41, 5.74) is 5.50. The van der Waals surface area contributed by atoms with Gasteiger partial charge in [0.05, 0.1) is 9.88 Å². The van der Waals surface area contributed by atoms with E-state index in [2.05, 4.69) is 27.8 Å². The number of nitrogens with zero attached hydrogens (tertiary/aromatic N) is 1. The number of hydrogen-bond donors (Lipinski definition) is 1. The normalized spacial score (nSPS) is 10.5. The van der Waals surface area contributed by atoms with Crippen molar-refractivity contribution in [1.29, 1.82) is 0 Å². The highest BCUT2D eigenvalue weighted by molar-refractivity contribution is 9.10. The van der Waals surface area contributed by atoms with Crippen LogP contribution in [0.15, 0.2) is 4.60 Å². The van der Waals surface area contributed by atoms with Crippen LogP contribution in [0.4, 0.5) is 0 Å². The molecular weight excluding hydrogens is 224 g/mol. The van der Waals surface area contributed by atoms with E-state index in [0.717, 1.165) is 22.3 Å². The largest absolute Gasteiger partial charge is 0.326 e. The molecule has 0 fully saturated rings. The summed E-state index contributed by atoms with van der Waals surface area (Å²) in [5, 5.41) is 1.18. The number of aromatic nitrogens is 1. The van der Waals surface area contributed by atoms with Crippen LogP contribution in [0.5, 0.6) is 0 Å². The number of rotatable bonds is 3. The first-order valence-electron chi connectivity index (χ1n) is 3.62. The van der Waals surface area contributed by atoms with Gasteiger partial charge in [0.25, 0.3) is 0 Å². The van der Waals surface area contributed by atoms with Crippen LogP contribution in [-0.4, -0.2) is 4.98 Å². The Kier molecular flexibility index (Phi) is 3.48. The van der Waals surface area contributed by atoms with Crippen LogP contribution in [0.2, 0.25) is 0 Å². The zero-order chi connectivity index (χ0) is 8.27. The molecule has 0 atom stereocenters. The van der Waals surface area contributed by atoms with Crippen molar-refractivity contribution >= 4 is 27.3 Å². The van der Waals surface area contributed by atoms with Gasteiger partial charge >= 0.3 is 0 Å². The van der Waals surface area contributed by atoms with E-state index in [1.807, 2.05) is 0 Å². The zero-order valence-corrected chi connectivity index (χ0v) is 8.83. The molecule has 0 saturated heterocycles. The van der Waals surface area contributed by atoms with Gasteiger partial charge in [-0.25, -0.2) is 4.98 Å². The van der Waals surface area contributed by atoms with E-state index in [1.165, 1.54) is 5.01 Å². The van der Waals surface area contributed by atoms with Gasteiger partial charge in [0.1, 0.15) is 4.60 Å². The standard InChI is InChI=1S/C7H11BrN2S/c1-2-3-6-10-7(8)5(4-9)11-6/h2-4,9H2,1H3. The van der Waals surface area contributed by atoms with E-state index >= 15 is 0 Å². The Bertz CT molecular complexity index is 234. The van der Waals surface area contributed by atoms with E-state index < -0.39 is 0 Å². The molecule has 0 saturated carbocycles. The van der Waals surface area contributed by atoms with Crippen molar-refractivity contribution in [3.8, 4) is 0 Å². The zero-order valence-electron chi connectivity index (χ0n) is 6.43. The van der Waals surface area contributed by atoms with Crippen molar-refractivity contribution in [2.45, 2.75) is 26.3 Å². The smallest absolute Gasteiger partial charge is 0.121 e. The quantitative estimate of drug-likeness (QED) is 0.873. The predicted octanol–water partition coefficient (Wildman–Crippen LogP) is 2.32. The van der Waals surface area contributed by atoms with E-state index in [-0.39, 0.29) is 0 Å². The van der Waals surface area contributed by atoms with Crippen LogP contribution < -0.4 is 5.73 Å². The third-order valence-electron chi connectivity index (χ3n) is 1.34. The second kappa shape index (κ2) is 4.18. The topological polar surface area (TPSA) is 38.9 Å². The van der Waals surface area contributed by atoms with Crippen LogP contribution in [-0.2, 0) is 13.0 Å². The minimum atomic E-state index is 0.585. The van der Waals surface area contributed by atoms with Crippen molar-refractivity contribution in [1.82, 2.24) is 4.98 Å². The van der Waals surface area contributed by atoms with E-state index in [1.54, 1.807) is 11.3 Å². The van der Waals surface area contributed by atoms with E-state index in [4.69, 9.17) is 5.73 Å². The molecule has 0 aliphatic rings. The van der Waals surface area contributed by atoms with Crippen LogP contribution in [0, 0.1) is 0 Å². The van der Waals surface area contributed by atoms with Gasteiger partial charge in [-0.05, 0) is 28.8 Å². The molecule has 0 aromatic carbocycles. The minimum Gasteiger partial charge on any atom is -0.326 e. The third kappa shape index (κ3) is 2.25. The highest BCUT2D eigenvalue weighted by Gasteiger charge is 2.05. The molecule has 0 radical (unpaired) electrons. The van der Waals surface area contributed by atoms with Crippen LogP contribution >= 0.6 is 27.3 Å². The number of nitrogens with two attached hydrogens (primary N) is 1. The van der Waals surface area contributed by atoms with Crippen molar-refractivity contribution in [2.75, 3.05) is 0 Å². The van der Waals surface area contributed by atoms with Crippen molar-refractivity contribution in [2.24, 2.45) is 5.73 Å². The molecule has 0 aliphatic carbocycles. The van der Waals surface area contributed by atoms with Crippen molar-refractivity contribution < 1.29 is 0 Å². The molecule has 0 aliphatic heterocycles. The maximum Gasteiger partial charge on any atom is 0.121 e. The van der Waals surface area contributed by atoms with Gasteiger partial charge in [-0.2, -0.15) is 0 Å². The maximum absolute atomic E-state index is 5.50. The molecule has 2 N–H and O–H groups in total. The highest BCUT2D eigenvalue weighted by atomic mass is 79.9. The molecule has 0 amide bonds. The summed E-state index contributed by atoms with van der Waals surface area (Å²) in [4.78, 5) is 5.47. The first-order chi connectivity index (χ1) is 5.27. The fourth-order valence-electron chi connectivity index (χ4n) is 0.826. The van der Waals surface area contributed by atoms with Gasteiger partial charge < -0.3 is 5.73 Å². The maximum atomic E-state index is 5.50. The Hall–Kier alpha value is 0.0700. The fraction of sp³-hybridized carbons (Fsp3) is 0.571. The lowest BCUT2D eigenvalue weighted by molar-refractivity contribution is 0.905. The average Bonchev–Trinajstić information content (AvgIpc) is 2.32. The lowest BCUT2D eigenvalue weighted by Gasteiger charge is -1.86. The molecule has 4 heteroatoms. The average molecular weight is 235 g/mol. The van der Waals surface area contributed by atoms with Crippen molar-refractivity contribution in [3.63, 3.8) is 0 Å². The Balaban J connectivity index is 2.77.